The van der Waals surface area contributed by atoms with Crippen molar-refractivity contribution in [3.8, 4) is 5.88 Å². The fourth-order valence-electron chi connectivity index (χ4n) is 2.06. The van der Waals surface area contributed by atoms with Gasteiger partial charge in [-0.25, -0.2) is 9.97 Å². The predicted octanol–water partition coefficient (Wildman–Crippen LogP) is 3.65. The van der Waals surface area contributed by atoms with Crippen LogP contribution in [0.1, 0.15) is 44.6 Å². The van der Waals surface area contributed by atoms with Gasteiger partial charge in [-0.05, 0) is 18.8 Å². The van der Waals surface area contributed by atoms with Crippen LogP contribution in [0.15, 0.2) is 6.33 Å². The smallest absolute Gasteiger partial charge is 0.221 e. The van der Waals surface area contributed by atoms with E-state index in [9.17, 15) is 0 Å². The van der Waals surface area contributed by atoms with E-state index in [0.717, 1.165) is 37.4 Å². The lowest BCUT2D eigenvalue weighted by atomic mass is 9.83. The molecule has 0 aliphatic heterocycles. The molecule has 1 heterocycles. The van der Waals surface area contributed by atoms with Crippen molar-refractivity contribution < 1.29 is 4.74 Å². The van der Waals surface area contributed by atoms with Gasteiger partial charge in [0.2, 0.25) is 5.88 Å². The van der Waals surface area contributed by atoms with Crippen LogP contribution in [0.4, 0.5) is 0 Å². The van der Waals surface area contributed by atoms with E-state index < -0.39 is 0 Å². The summed E-state index contributed by atoms with van der Waals surface area (Å²) in [4.78, 5) is 8.18. The lowest BCUT2D eigenvalue weighted by Gasteiger charge is -2.25. The summed E-state index contributed by atoms with van der Waals surface area (Å²) < 4.78 is 5.74. The number of rotatable bonds is 6. The van der Waals surface area contributed by atoms with E-state index >= 15 is 0 Å². The van der Waals surface area contributed by atoms with Crippen LogP contribution in [0.5, 0.6) is 5.88 Å². The first-order valence-electron chi connectivity index (χ1n) is 6.43. The molecule has 1 aliphatic rings. The summed E-state index contributed by atoms with van der Waals surface area (Å²) >= 11 is 6.06. The van der Waals surface area contributed by atoms with E-state index in [-0.39, 0.29) is 0 Å². The van der Waals surface area contributed by atoms with Crippen molar-refractivity contribution in [1.82, 2.24) is 9.97 Å². The van der Waals surface area contributed by atoms with E-state index in [1.807, 2.05) is 0 Å². The lowest BCUT2D eigenvalue weighted by Crippen LogP contribution is -2.15. The molecule has 0 N–H and O–H groups in total. The third-order valence-corrected chi connectivity index (χ3v) is 3.67. The Morgan fingerprint density at radius 2 is 2.24 bits per heavy atom. The average Bonchev–Trinajstić information content (AvgIpc) is 2.26. The molecule has 2 rings (SSSR count). The fourth-order valence-corrected chi connectivity index (χ4v) is 2.28. The Kier molecular flexibility index (Phi) is 4.60. The van der Waals surface area contributed by atoms with Gasteiger partial charge in [0.05, 0.1) is 12.2 Å². The zero-order valence-electron chi connectivity index (χ0n) is 10.3. The van der Waals surface area contributed by atoms with Gasteiger partial charge < -0.3 is 4.74 Å². The molecular formula is C13H19ClN2O. The summed E-state index contributed by atoms with van der Waals surface area (Å²) in [6.45, 7) is 2.86. The molecule has 0 aromatic carbocycles. The molecular weight excluding hydrogens is 236 g/mol. The van der Waals surface area contributed by atoms with Crippen LogP contribution in [0, 0.1) is 5.92 Å². The minimum atomic E-state index is 0.528. The minimum absolute atomic E-state index is 0.528. The molecule has 0 spiro atoms. The van der Waals surface area contributed by atoms with Crippen molar-refractivity contribution in [2.75, 3.05) is 6.61 Å². The number of ether oxygens (including phenoxy) is 1. The maximum absolute atomic E-state index is 6.06. The highest BCUT2D eigenvalue weighted by Crippen LogP contribution is 2.30. The quantitative estimate of drug-likeness (QED) is 0.727. The molecule has 94 valence electrons. The number of aromatic nitrogens is 2. The molecule has 17 heavy (non-hydrogen) atoms. The van der Waals surface area contributed by atoms with E-state index in [1.54, 1.807) is 0 Å². The van der Waals surface area contributed by atoms with Gasteiger partial charge in [-0.1, -0.05) is 44.2 Å². The maximum Gasteiger partial charge on any atom is 0.221 e. The van der Waals surface area contributed by atoms with Crippen LogP contribution in [-0.4, -0.2) is 16.6 Å². The molecule has 0 atom stereocenters. The van der Waals surface area contributed by atoms with Crippen molar-refractivity contribution in [3.05, 3.63) is 17.0 Å². The van der Waals surface area contributed by atoms with E-state index in [4.69, 9.17) is 16.3 Å². The number of nitrogens with zero attached hydrogens (tertiary/aromatic N) is 2. The third kappa shape index (κ3) is 3.32. The van der Waals surface area contributed by atoms with Gasteiger partial charge in [-0.15, -0.1) is 0 Å². The summed E-state index contributed by atoms with van der Waals surface area (Å²) in [6, 6.07) is 0. The minimum Gasteiger partial charge on any atom is -0.477 e. The molecule has 1 fully saturated rings. The summed E-state index contributed by atoms with van der Waals surface area (Å²) in [6.07, 6.45) is 8.59. The maximum atomic E-state index is 6.06. The molecule has 1 saturated carbocycles. The van der Waals surface area contributed by atoms with Crippen LogP contribution >= 0.6 is 11.6 Å². The van der Waals surface area contributed by atoms with Gasteiger partial charge in [0.15, 0.2) is 0 Å². The highest BCUT2D eigenvalue weighted by Gasteiger charge is 2.17. The van der Waals surface area contributed by atoms with E-state index in [2.05, 4.69) is 16.9 Å². The average molecular weight is 255 g/mol. The first-order chi connectivity index (χ1) is 8.31. The van der Waals surface area contributed by atoms with Gasteiger partial charge in [0.25, 0.3) is 0 Å². The SMILES string of the molecule is CCCc1c(Cl)ncnc1OCCC1CCC1. The Hall–Kier alpha value is -0.830. The summed E-state index contributed by atoms with van der Waals surface area (Å²) in [7, 11) is 0. The Balaban J connectivity index is 1.91. The second-order valence-electron chi connectivity index (χ2n) is 4.63. The van der Waals surface area contributed by atoms with Gasteiger partial charge in [0, 0.05) is 0 Å². The second kappa shape index (κ2) is 6.20. The molecule has 0 saturated heterocycles. The zero-order chi connectivity index (χ0) is 12.1. The van der Waals surface area contributed by atoms with Crippen LogP contribution in [0.25, 0.3) is 0 Å². The molecule has 3 nitrogen and oxygen atoms in total. The third-order valence-electron chi connectivity index (χ3n) is 3.34. The van der Waals surface area contributed by atoms with Crippen molar-refractivity contribution >= 4 is 11.6 Å². The van der Waals surface area contributed by atoms with Crippen molar-refractivity contribution in [2.24, 2.45) is 5.92 Å². The Morgan fingerprint density at radius 3 is 2.88 bits per heavy atom. The zero-order valence-corrected chi connectivity index (χ0v) is 11.0. The monoisotopic (exact) mass is 254 g/mol. The van der Waals surface area contributed by atoms with Gasteiger partial charge in [-0.3, -0.25) is 0 Å². The van der Waals surface area contributed by atoms with Gasteiger partial charge >= 0.3 is 0 Å². The van der Waals surface area contributed by atoms with Crippen molar-refractivity contribution in [3.63, 3.8) is 0 Å². The highest BCUT2D eigenvalue weighted by molar-refractivity contribution is 6.30. The summed E-state index contributed by atoms with van der Waals surface area (Å²) in [5, 5.41) is 0.528. The molecule has 1 aromatic heterocycles. The molecule has 0 unspecified atom stereocenters. The molecule has 1 aromatic rings. The first kappa shape index (κ1) is 12.6. The molecule has 0 amide bonds. The van der Waals surface area contributed by atoms with Gasteiger partial charge in [-0.2, -0.15) is 0 Å². The van der Waals surface area contributed by atoms with Crippen LogP contribution in [-0.2, 0) is 6.42 Å². The standard InChI is InChI=1S/C13H19ClN2O/c1-2-4-11-12(14)15-9-16-13(11)17-8-7-10-5-3-6-10/h9-10H,2-8H2,1H3. The van der Waals surface area contributed by atoms with E-state index in [1.165, 1.54) is 25.6 Å². The van der Waals surface area contributed by atoms with Crippen LogP contribution in [0.3, 0.4) is 0 Å². The Bertz CT molecular complexity index is 366. The van der Waals surface area contributed by atoms with Crippen LogP contribution < -0.4 is 4.74 Å². The predicted molar refractivity (Wildman–Crippen MR) is 68.5 cm³/mol. The lowest BCUT2D eigenvalue weighted by molar-refractivity contribution is 0.216. The molecule has 0 bridgehead atoms. The largest absolute Gasteiger partial charge is 0.477 e. The number of halogens is 1. The van der Waals surface area contributed by atoms with Crippen LogP contribution in [0.2, 0.25) is 5.15 Å². The summed E-state index contributed by atoms with van der Waals surface area (Å²) in [5.74, 6) is 1.54. The van der Waals surface area contributed by atoms with E-state index in [0.29, 0.717) is 11.0 Å². The fraction of sp³-hybridized carbons (Fsp3) is 0.692. The Morgan fingerprint density at radius 1 is 1.41 bits per heavy atom. The highest BCUT2D eigenvalue weighted by atomic mass is 35.5. The number of hydrogen-bond donors (Lipinski definition) is 0. The molecule has 4 heteroatoms. The normalized spacial score (nSPS) is 15.6. The molecule has 1 aliphatic carbocycles. The summed E-state index contributed by atoms with van der Waals surface area (Å²) in [5.41, 5.74) is 0.949. The first-order valence-corrected chi connectivity index (χ1v) is 6.81. The van der Waals surface area contributed by atoms with Crippen molar-refractivity contribution in [2.45, 2.75) is 45.4 Å². The second-order valence-corrected chi connectivity index (χ2v) is 4.99. The van der Waals surface area contributed by atoms with Crippen molar-refractivity contribution in [1.29, 1.82) is 0 Å². The molecule has 0 radical (unpaired) electrons. The topological polar surface area (TPSA) is 35.0 Å². The number of hydrogen-bond acceptors (Lipinski definition) is 3. The Labute approximate surface area is 108 Å². The van der Waals surface area contributed by atoms with Gasteiger partial charge in [0.1, 0.15) is 11.5 Å².